The van der Waals surface area contributed by atoms with Gasteiger partial charge < -0.3 is 18.4 Å². The number of benzene rings is 11. The Morgan fingerprint density at radius 3 is 1.65 bits per heavy atom. The van der Waals surface area contributed by atoms with Crippen molar-refractivity contribution < 1.29 is 4.74 Å². The predicted molar refractivity (Wildman–Crippen MR) is 328 cm³/mol. The monoisotopic (exact) mass is 1030 g/mol. The Labute approximate surface area is 456 Å². The molecule has 3 aromatic heterocycles. The molecule has 0 spiro atoms. The number of hydrogen-bond acceptors (Lipinski definition) is 2. The molecule has 3 unspecified atom stereocenters. The van der Waals surface area contributed by atoms with E-state index in [2.05, 4.69) is 287 Å². The van der Waals surface area contributed by atoms with Crippen molar-refractivity contribution in [2.24, 2.45) is 0 Å². The van der Waals surface area contributed by atoms with Gasteiger partial charge in [-0.3, -0.25) is 0 Å². The largest absolute Gasteiger partial charge is 0.483 e. The van der Waals surface area contributed by atoms with E-state index in [9.17, 15) is 0 Å². The van der Waals surface area contributed by atoms with E-state index in [1.807, 2.05) is 11.8 Å². The van der Waals surface area contributed by atoms with Crippen molar-refractivity contribution in [1.29, 1.82) is 0 Å². The van der Waals surface area contributed by atoms with Gasteiger partial charge in [-0.2, -0.15) is 0 Å². The molecule has 0 N–H and O–H groups in total. The van der Waals surface area contributed by atoms with Crippen LogP contribution < -0.4 is 25.5 Å². The number of aromatic nitrogens is 3. The highest BCUT2D eigenvalue weighted by atomic mass is 32.2. The first kappa shape index (κ1) is 43.9. The SMILES string of the molecule is C1=CC2c3cccc([Si]4(c5ccc6c(c5)c5ccccc5n6-c5ccccc5)c5ccccc5Sc5c(-c6cccc7c6c6ccccc6n7-c6ccccc6)cccc54)c3OC2C(n2c3ccccc3c3ccccc32)=C1. The number of allylic oxidation sites excluding steroid dienone is 2. The minimum atomic E-state index is -3.39. The van der Waals surface area contributed by atoms with Gasteiger partial charge in [0.1, 0.15) is 11.9 Å². The maximum Gasteiger partial charge on any atom is 0.186 e. The molecule has 0 saturated carbocycles. The highest BCUT2D eigenvalue weighted by Crippen LogP contribution is 2.49. The fourth-order valence-corrected chi connectivity index (χ4v) is 21.3. The molecule has 366 valence electrons. The van der Waals surface area contributed by atoms with Gasteiger partial charge in [0.05, 0.1) is 38.8 Å². The van der Waals surface area contributed by atoms with Crippen LogP contribution in [0.5, 0.6) is 5.75 Å². The molecule has 0 amide bonds. The molecular weight excluding hydrogens is 983 g/mol. The van der Waals surface area contributed by atoms with Gasteiger partial charge in [-0.1, -0.05) is 212 Å². The maximum atomic E-state index is 7.87. The normalized spacial score (nSPS) is 17.4. The lowest BCUT2D eigenvalue weighted by atomic mass is 9.90. The summed E-state index contributed by atoms with van der Waals surface area (Å²) in [5.41, 5.74) is 14.3. The van der Waals surface area contributed by atoms with Crippen LogP contribution in [0, 0.1) is 0 Å². The van der Waals surface area contributed by atoms with Crippen molar-refractivity contribution in [3.63, 3.8) is 0 Å². The van der Waals surface area contributed by atoms with Crippen molar-refractivity contribution in [1.82, 2.24) is 13.7 Å². The Kier molecular flexibility index (Phi) is 9.47. The highest BCUT2D eigenvalue weighted by Gasteiger charge is 2.52. The molecule has 17 rings (SSSR count). The van der Waals surface area contributed by atoms with Gasteiger partial charge in [0.2, 0.25) is 0 Å². The van der Waals surface area contributed by atoms with Crippen molar-refractivity contribution in [3.05, 3.63) is 279 Å². The zero-order valence-corrected chi connectivity index (χ0v) is 44.1. The van der Waals surface area contributed by atoms with Gasteiger partial charge in [0.25, 0.3) is 0 Å². The van der Waals surface area contributed by atoms with Gasteiger partial charge in [0.15, 0.2) is 8.07 Å². The molecule has 3 aliphatic rings. The molecule has 3 atom stereocenters. The number of fused-ring (bicyclic) bond motifs is 14. The van der Waals surface area contributed by atoms with Crippen LogP contribution >= 0.6 is 11.8 Å². The quantitative estimate of drug-likeness (QED) is 0.155. The molecule has 5 heterocycles. The number of ether oxygens (including phenoxy) is 1. The zero-order chi connectivity index (χ0) is 51.1. The number of rotatable bonds is 6. The van der Waals surface area contributed by atoms with Crippen molar-refractivity contribution in [2.75, 3.05) is 0 Å². The summed E-state index contributed by atoms with van der Waals surface area (Å²) in [4.78, 5) is 2.59. The molecular formula is C72H47N3OSSi. The Bertz CT molecular complexity index is 4840. The van der Waals surface area contributed by atoms with Crippen LogP contribution in [0.25, 0.3) is 93.6 Å². The van der Waals surface area contributed by atoms with Gasteiger partial charge >= 0.3 is 0 Å². The summed E-state index contributed by atoms with van der Waals surface area (Å²) in [6.45, 7) is 0. The van der Waals surface area contributed by atoms with E-state index in [1.54, 1.807) is 0 Å². The van der Waals surface area contributed by atoms with Crippen LogP contribution in [0.2, 0.25) is 0 Å². The third kappa shape index (κ3) is 6.01. The van der Waals surface area contributed by atoms with E-state index >= 15 is 0 Å². The molecule has 14 aromatic rings. The van der Waals surface area contributed by atoms with E-state index in [0.717, 1.165) is 22.8 Å². The fourth-order valence-electron chi connectivity index (χ4n) is 14.0. The summed E-state index contributed by atoms with van der Waals surface area (Å²) in [5.74, 6) is 1.02. The standard InChI is InChI=1S/C72H47N3OSSi/c1-3-21-46(22-4-1)73-58-33-11-9-27-51(58)57-45-48(43-44-62(57)73)78(67-41-19-31-54-53-30-18-38-64(70(53)76-71(54)67)75-59-34-12-7-25-49(59)50-26-8-13-35-60(50)75)66-40-16-15-39-65(66)77-72-55(32-20-42-68(72)78)52-29-17-37-63-69(52)56-28-10-14-36-61(56)74(63)47-23-5-2-6-24-47/h1-45,53,70H. The molecule has 11 aromatic carbocycles. The van der Waals surface area contributed by atoms with Crippen molar-refractivity contribution in [2.45, 2.75) is 21.8 Å². The van der Waals surface area contributed by atoms with Crippen LogP contribution in [0.15, 0.2) is 283 Å². The average Bonchev–Trinajstić information content (AvgIpc) is 3.55. The summed E-state index contributed by atoms with van der Waals surface area (Å²) < 4.78 is 15.2. The first-order valence-corrected chi connectivity index (χ1v) is 29.8. The Morgan fingerprint density at radius 1 is 0.397 bits per heavy atom. The van der Waals surface area contributed by atoms with E-state index < -0.39 is 8.07 Å². The van der Waals surface area contributed by atoms with E-state index in [1.165, 1.54) is 113 Å². The Balaban J connectivity index is 0.957. The van der Waals surface area contributed by atoms with Crippen LogP contribution in [-0.2, 0) is 0 Å². The maximum absolute atomic E-state index is 7.87. The second-order valence-corrected chi connectivity index (χ2v) is 25.7. The highest BCUT2D eigenvalue weighted by molar-refractivity contribution is 8.00. The third-order valence-corrected chi connectivity index (χ3v) is 23.6. The van der Waals surface area contributed by atoms with Crippen LogP contribution in [-0.4, -0.2) is 27.9 Å². The Hall–Kier alpha value is -9.33. The number of nitrogens with zero attached hydrogens (tertiary/aromatic N) is 3. The second-order valence-electron chi connectivity index (χ2n) is 21.0. The summed E-state index contributed by atoms with van der Waals surface area (Å²) in [6.07, 6.45) is 6.68. The van der Waals surface area contributed by atoms with E-state index in [-0.39, 0.29) is 12.0 Å². The van der Waals surface area contributed by atoms with Gasteiger partial charge in [0, 0.05) is 65.0 Å². The molecule has 1 aliphatic carbocycles. The minimum absolute atomic E-state index is 0.0100. The van der Waals surface area contributed by atoms with E-state index in [0.29, 0.717) is 0 Å². The van der Waals surface area contributed by atoms with Crippen molar-refractivity contribution >= 4 is 112 Å². The van der Waals surface area contributed by atoms with E-state index in [4.69, 9.17) is 4.74 Å². The van der Waals surface area contributed by atoms with Crippen LogP contribution in [0.3, 0.4) is 0 Å². The molecule has 2 aliphatic heterocycles. The lowest BCUT2D eigenvalue weighted by molar-refractivity contribution is 0.274. The first-order chi connectivity index (χ1) is 38.7. The fraction of sp³-hybridized carbons (Fsp3) is 0.0278. The van der Waals surface area contributed by atoms with Crippen LogP contribution in [0.1, 0.15) is 11.5 Å². The van der Waals surface area contributed by atoms with Gasteiger partial charge in [-0.25, -0.2) is 0 Å². The smallest absolute Gasteiger partial charge is 0.186 e. The zero-order valence-electron chi connectivity index (χ0n) is 42.3. The molecule has 0 bridgehead atoms. The summed E-state index contributed by atoms with van der Waals surface area (Å²) >= 11 is 1.93. The number of para-hydroxylation sites is 7. The van der Waals surface area contributed by atoms with Crippen molar-refractivity contribution in [3.8, 4) is 28.3 Å². The summed E-state index contributed by atoms with van der Waals surface area (Å²) in [5, 5.41) is 12.8. The summed E-state index contributed by atoms with van der Waals surface area (Å²) in [7, 11) is -3.39. The first-order valence-electron chi connectivity index (χ1n) is 27.0. The molecule has 6 heteroatoms. The molecule has 0 radical (unpaired) electrons. The average molecular weight is 1030 g/mol. The lowest BCUT2D eigenvalue weighted by Crippen LogP contribution is -2.76. The Morgan fingerprint density at radius 2 is 0.923 bits per heavy atom. The van der Waals surface area contributed by atoms with Gasteiger partial charge in [-0.15, -0.1) is 0 Å². The third-order valence-electron chi connectivity index (χ3n) is 17.1. The molecule has 4 nitrogen and oxygen atoms in total. The minimum Gasteiger partial charge on any atom is -0.483 e. The lowest BCUT2D eigenvalue weighted by Gasteiger charge is -2.41. The molecule has 78 heavy (non-hydrogen) atoms. The van der Waals surface area contributed by atoms with Gasteiger partial charge in [-0.05, 0) is 105 Å². The summed E-state index contributed by atoms with van der Waals surface area (Å²) in [6, 6.07) is 95.2. The second kappa shape index (κ2) is 16.8. The molecule has 0 saturated heterocycles. The number of hydrogen-bond donors (Lipinski definition) is 0. The molecule has 0 fully saturated rings. The predicted octanol–water partition coefficient (Wildman–Crippen LogP) is 15.5. The van der Waals surface area contributed by atoms with Crippen LogP contribution in [0.4, 0.5) is 0 Å². The topological polar surface area (TPSA) is 24.0 Å².